The normalized spacial score (nSPS) is 17.1. The Labute approximate surface area is 199 Å². The van der Waals surface area contributed by atoms with Crippen LogP contribution in [0, 0.1) is 24.2 Å². The third-order valence-electron chi connectivity index (χ3n) is 6.38. The predicted molar refractivity (Wildman–Crippen MR) is 131 cm³/mol. The first-order chi connectivity index (χ1) is 16.4. The van der Waals surface area contributed by atoms with Gasteiger partial charge in [0.2, 0.25) is 11.9 Å². The number of fused-ring (bicyclic) bond motifs is 3. The first-order valence-corrected chi connectivity index (χ1v) is 11.6. The Balaban J connectivity index is 1.54. The molecule has 4 heterocycles. The summed E-state index contributed by atoms with van der Waals surface area (Å²) in [6, 6.07) is 7.71. The van der Waals surface area contributed by atoms with E-state index in [0.29, 0.717) is 17.4 Å². The summed E-state index contributed by atoms with van der Waals surface area (Å²) < 4.78 is 1.84. The maximum absolute atomic E-state index is 13.0. The monoisotopic (exact) mass is 456 g/mol. The molecule has 0 bridgehead atoms. The molecular weight excluding hydrogens is 428 g/mol. The van der Waals surface area contributed by atoms with Crippen molar-refractivity contribution in [2.75, 3.05) is 28.7 Å². The summed E-state index contributed by atoms with van der Waals surface area (Å²) in [5, 5.41) is 13.1. The summed E-state index contributed by atoms with van der Waals surface area (Å²) in [5.41, 5.74) is 4.56. The lowest BCUT2D eigenvalue weighted by molar-refractivity contribution is -0.119. The van der Waals surface area contributed by atoms with Gasteiger partial charge in [-0.2, -0.15) is 10.2 Å². The molecule has 1 atom stereocenters. The SMILES string of the molecule is Cc1cn(-c2ccc(Nc3nc(CC(C)C)c4c(n3)N3CCCC3C(=O)N4C)cc2C#N)cn1. The highest BCUT2D eigenvalue weighted by molar-refractivity contribution is 6.05. The Morgan fingerprint density at radius 2 is 2.12 bits per heavy atom. The molecule has 0 aliphatic carbocycles. The fourth-order valence-electron chi connectivity index (χ4n) is 4.84. The van der Waals surface area contributed by atoms with Crippen molar-refractivity contribution in [3.8, 4) is 11.8 Å². The minimum atomic E-state index is -0.157. The number of nitrogens with one attached hydrogen (secondary N) is 1. The molecule has 0 spiro atoms. The molecule has 0 saturated carbocycles. The lowest BCUT2D eigenvalue weighted by Gasteiger charge is -2.38. The zero-order chi connectivity index (χ0) is 24.0. The molecule has 2 aromatic heterocycles. The molecule has 1 amide bonds. The van der Waals surface area contributed by atoms with Crippen LogP contribution in [-0.4, -0.2) is 45.1 Å². The molecule has 1 saturated heterocycles. The van der Waals surface area contributed by atoms with Gasteiger partial charge in [0.05, 0.1) is 29.0 Å². The molecule has 174 valence electrons. The number of carbonyl (C=O) groups is 1. The van der Waals surface area contributed by atoms with Crippen molar-refractivity contribution in [1.82, 2.24) is 19.5 Å². The van der Waals surface area contributed by atoms with Crippen LogP contribution in [0.15, 0.2) is 30.7 Å². The van der Waals surface area contributed by atoms with E-state index in [-0.39, 0.29) is 11.9 Å². The molecule has 34 heavy (non-hydrogen) atoms. The van der Waals surface area contributed by atoms with Crippen LogP contribution in [0.3, 0.4) is 0 Å². The average molecular weight is 457 g/mol. The van der Waals surface area contributed by atoms with E-state index in [0.717, 1.165) is 60.1 Å². The molecule has 1 fully saturated rings. The van der Waals surface area contributed by atoms with E-state index in [4.69, 9.17) is 9.97 Å². The van der Waals surface area contributed by atoms with Crippen molar-refractivity contribution in [1.29, 1.82) is 5.26 Å². The van der Waals surface area contributed by atoms with E-state index in [1.807, 2.05) is 36.9 Å². The van der Waals surface area contributed by atoms with Gasteiger partial charge in [-0.1, -0.05) is 13.8 Å². The van der Waals surface area contributed by atoms with Crippen LogP contribution in [-0.2, 0) is 11.2 Å². The average Bonchev–Trinajstić information content (AvgIpc) is 3.46. The Morgan fingerprint density at radius 3 is 2.82 bits per heavy atom. The Kier molecular flexibility index (Phi) is 5.44. The smallest absolute Gasteiger partial charge is 0.249 e. The van der Waals surface area contributed by atoms with Gasteiger partial charge < -0.3 is 19.7 Å². The fourth-order valence-corrected chi connectivity index (χ4v) is 4.84. The molecule has 2 aliphatic rings. The van der Waals surface area contributed by atoms with E-state index < -0.39 is 0 Å². The Morgan fingerprint density at radius 1 is 1.29 bits per heavy atom. The fraction of sp³-hybridized carbons (Fsp3) is 0.400. The number of aryl methyl sites for hydroxylation is 1. The van der Waals surface area contributed by atoms with Crippen molar-refractivity contribution in [3.63, 3.8) is 0 Å². The Bertz CT molecular complexity index is 1300. The molecule has 9 heteroatoms. The quantitative estimate of drug-likeness (QED) is 0.624. The summed E-state index contributed by atoms with van der Waals surface area (Å²) in [5.74, 6) is 1.76. The second-order valence-corrected chi connectivity index (χ2v) is 9.40. The molecule has 1 N–H and O–H groups in total. The molecule has 3 aromatic rings. The van der Waals surface area contributed by atoms with Gasteiger partial charge in [-0.15, -0.1) is 0 Å². The number of nitriles is 1. The van der Waals surface area contributed by atoms with Crippen LogP contribution in [0.5, 0.6) is 0 Å². The molecule has 5 rings (SSSR count). The van der Waals surface area contributed by atoms with Crippen molar-refractivity contribution in [2.45, 2.75) is 46.1 Å². The predicted octanol–water partition coefficient (Wildman–Crippen LogP) is 3.73. The number of imidazole rings is 1. The summed E-state index contributed by atoms with van der Waals surface area (Å²) in [4.78, 5) is 30.8. The largest absolute Gasteiger partial charge is 0.343 e. The number of aromatic nitrogens is 4. The third-order valence-corrected chi connectivity index (χ3v) is 6.38. The number of hydrogen-bond acceptors (Lipinski definition) is 7. The van der Waals surface area contributed by atoms with Gasteiger partial charge in [-0.05, 0) is 50.3 Å². The maximum Gasteiger partial charge on any atom is 0.249 e. The van der Waals surface area contributed by atoms with Crippen LogP contribution >= 0.6 is 0 Å². The first-order valence-electron chi connectivity index (χ1n) is 11.6. The molecular formula is C25H28N8O. The summed E-state index contributed by atoms with van der Waals surface area (Å²) in [6.45, 7) is 7.00. The van der Waals surface area contributed by atoms with E-state index >= 15 is 0 Å². The highest BCUT2D eigenvalue weighted by Crippen LogP contribution is 2.41. The molecule has 2 aliphatic heterocycles. The van der Waals surface area contributed by atoms with Crippen LogP contribution in [0.2, 0.25) is 0 Å². The van der Waals surface area contributed by atoms with Gasteiger partial charge in [0.25, 0.3) is 0 Å². The summed E-state index contributed by atoms with van der Waals surface area (Å²) in [6.07, 6.45) is 6.14. The first kappa shape index (κ1) is 21.9. The number of benzene rings is 1. The molecule has 0 radical (unpaired) electrons. The van der Waals surface area contributed by atoms with Gasteiger partial charge in [-0.3, -0.25) is 4.79 Å². The number of likely N-dealkylation sites (N-methyl/N-ethyl adjacent to an activating group) is 1. The highest BCUT2D eigenvalue weighted by atomic mass is 16.2. The number of amides is 1. The van der Waals surface area contributed by atoms with E-state index in [9.17, 15) is 10.1 Å². The van der Waals surface area contributed by atoms with Crippen molar-refractivity contribution in [3.05, 3.63) is 47.7 Å². The van der Waals surface area contributed by atoms with Crippen LogP contribution in [0.1, 0.15) is 43.6 Å². The number of nitrogens with zero attached hydrogens (tertiary/aromatic N) is 7. The maximum atomic E-state index is 13.0. The van der Waals surface area contributed by atoms with Gasteiger partial charge >= 0.3 is 0 Å². The number of carbonyl (C=O) groups excluding carboxylic acids is 1. The lowest BCUT2D eigenvalue weighted by atomic mass is 10.0. The number of hydrogen-bond donors (Lipinski definition) is 1. The topological polar surface area (TPSA) is 103 Å². The van der Waals surface area contributed by atoms with Crippen LogP contribution < -0.4 is 15.1 Å². The van der Waals surface area contributed by atoms with Crippen LogP contribution in [0.25, 0.3) is 5.69 Å². The molecule has 9 nitrogen and oxygen atoms in total. The second kappa shape index (κ2) is 8.45. The van der Waals surface area contributed by atoms with E-state index in [1.54, 1.807) is 17.3 Å². The number of rotatable bonds is 5. The van der Waals surface area contributed by atoms with Gasteiger partial charge in [0.15, 0.2) is 5.82 Å². The summed E-state index contributed by atoms with van der Waals surface area (Å²) in [7, 11) is 1.83. The summed E-state index contributed by atoms with van der Waals surface area (Å²) >= 11 is 0. The van der Waals surface area contributed by atoms with Gasteiger partial charge in [0.1, 0.15) is 17.8 Å². The second-order valence-electron chi connectivity index (χ2n) is 9.40. The number of anilines is 4. The highest BCUT2D eigenvalue weighted by Gasteiger charge is 2.42. The Hall–Kier alpha value is -3.93. The third kappa shape index (κ3) is 3.75. The zero-order valence-electron chi connectivity index (χ0n) is 19.9. The van der Waals surface area contributed by atoms with Crippen molar-refractivity contribution >= 4 is 29.0 Å². The zero-order valence-corrected chi connectivity index (χ0v) is 19.9. The minimum absolute atomic E-state index is 0.114. The van der Waals surface area contributed by atoms with Crippen molar-refractivity contribution < 1.29 is 4.79 Å². The van der Waals surface area contributed by atoms with Gasteiger partial charge in [0, 0.05) is 25.5 Å². The van der Waals surface area contributed by atoms with E-state index in [2.05, 4.69) is 35.1 Å². The minimum Gasteiger partial charge on any atom is -0.343 e. The van der Waals surface area contributed by atoms with E-state index in [1.165, 1.54) is 0 Å². The lowest BCUT2D eigenvalue weighted by Crippen LogP contribution is -2.50. The van der Waals surface area contributed by atoms with Crippen LogP contribution in [0.4, 0.5) is 23.1 Å². The molecule has 1 aromatic carbocycles. The molecule has 1 unspecified atom stereocenters. The standard InChI is InChI=1S/C25H28N8O/c1-15(2)10-19-22-23(33-9-5-6-21(33)24(34)31(22)4)30-25(29-19)28-18-7-8-20(17(11-18)12-26)32-13-16(3)27-14-32/h7-8,11,13-15,21H,5-6,9-10H2,1-4H3,(H,28,29,30). The van der Waals surface area contributed by atoms with Crippen molar-refractivity contribution in [2.24, 2.45) is 5.92 Å². The van der Waals surface area contributed by atoms with Gasteiger partial charge in [-0.25, -0.2) is 9.97 Å².